The van der Waals surface area contributed by atoms with Crippen molar-refractivity contribution in [1.29, 1.82) is 0 Å². The van der Waals surface area contributed by atoms with Gasteiger partial charge in [0, 0.05) is 30.5 Å². The lowest BCUT2D eigenvalue weighted by molar-refractivity contribution is 0.0627. The Morgan fingerprint density at radius 1 is 1.19 bits per heavy atom. The van der Waals surface area contributed by atoms with Crippen molar-refractivity contribution < 1.29 is 9.18 Å². The number of imidazole rings is 1. The molecule has 2 atom stereocenters. The fourth-order valence-electron chi connectivity index (χ4n) is 3.88. The second-order valence-electron chi connectivity index (χ2n) is 7.46. The van der Waals surface area contributed by atoms with Gasteiger partial charge in [-0.15, -0.1) is 0 Å². The molecule has 0 radical (unpaired) electrons. The molecular weight excluding hydrogens is 349 g/mol. The topological polar surface area (TPSA) is 37.6 Å². The Hall–Kier alpha value is -2.21. The molecule has 0 bridgehead atoms. The molecule has 26 heavy (non-hydrogen) atoms. The van der Waals surface area contributed by atoms with Crippen molar-refractivity contribution in [3.05, 3.63) is 46.9 Å². The summed E-state index contributed by atoms with van der Waals surface area (Å²) in [5, 5.41) is 0. The Bertz CT molecular complexity index is 950. The molecule has 1 amide bonds. The van der Waals surface area contributed by atoms with Crippen LogP contribution in [0.2, 0.25) is 0 Å². The van der Waals surface area contributed by atoms with Gasteiger partial charge in [0.15, 0.2) is 4.96 Å². The molecule has 4 nitrogen and oxygen atoms in total. The molecule has 3 aromatic rings. The number of likely N-dealkylation sites (tertiary alicyclic amines) is 1. The predicted octanol–water partition coefficient (Wildman–Crippen LogP) is 4.63. The van der Waals surface area contributed by atoms with Crippen molar-refractivity contribution in [1.82, 2.24) is 14.3 Å². The smallest absolute Gasteiger partial charge is 0.265 e. The third kappa shape index (κ3) is 3.03. The van der Waals surface area contributed by atoms with E-state index in [0.29, 0.717) is 11.8 Å². The van der Waals surface area contributed by atoms with Crippen LogP contribution in [0, 0.1) is 24.6 Å². The van der Waals surface area contributed by atoms with Crippen molar-refractivity contribution in [2.45, 2.75) is 27.2 Å². The van der Waals surface area contributed by atoms with Gasteiger partial charge in [0.2, 0.25) is 0 Å². The van der Waals surface area contributed by atoms with Gasteiger partial charge in [-0.3, -0.25) is 9.20 Å². The molecule has 1 aromatic carbocycles. The number of halogens is 1. The van der Waals surface area contributed by atoms with Gasteiger partial charge < -0.3 is 4.90 Å². The van der Waals surface area contributed by atoms with E-state index in [2.05, 4.69) is 18.8 Å². The van der Waals surface area contributed by atoms with Crippen molar-refractivity contribution in [2.24, 2.45) is 11.8 Å². The molecule has 3 heterocycles. The van der Waals surface area contributed by atoms with Crippen LogP contribution in [0.15, 0.2) is 30.5 Å². The number of aromatic nitrogens is 2. The molecule has 2 aromatic heterocycles. The number of thiazole rings is 1. The average Bonchev–Trinajstić information content (AvgIpc) is 3.14. The zero-order chi connectivity index (χ0) is 18.4. The number of amides is 1. The molecule has 4 rings (SSSR count). The van der Waals surface area contributed by atoms with Crippen LogP contribution in [0.3, 0.4) is 0 Å². The van der Waals surface area contributed by atoms with Crippen LogP contribution >= 0.6 is 11.3 Å². The van der Waals surface area contributed by atoms with Crippen LogP contribution in [0.1, 0.15) is 35.6 Å². The van der Waals surface area contributed by atoms with Crippen LogP contribution in [-0.2, 0) is 0 Å². The van der Waals surface area contributed by atoms with Crippen LogP contribution in [-0.4, -0.2) is 33.3 Å². The van der Waals surface area contributed by atoms with Crippen molar-refractivity contribution in [2.75, 3.05) is 13.1 Å². The number of piperidine rings is 1. The van der Waals surface area contributed by atoms with E-state index >= 15 is 0 Å². The van der Waals surface area contributed by atoms with E-state index < -0.39 is 0 Å². The highest BCUT2D eigenvalue weighted by Crippen LogP contribution is 2.30. The maximum absolute atomic E-state index is 13.1. The van der Waals surface area contributed by atoms with Crippen LogP contribution < -0.4 is 0 Å². The van der Waals surface area contributed by atoms with Crippen molar-refractivity contribution in [3.63, 3.8) is 0 Å². The number of benzene rings is 1. The van der Waals surface area contributed by atoms with Crippen LogP contribution in [0.25, 0.3) is 16.2 Å². The second kappa shape index (κ2) is 6.50. The Morgan fingerprint density at radius 3 is 2.46 bits per heavy atom. The Kier molecular flexibility index (Phi) is 4.31. The van der Waals surface area contributed by atoms with Gasteiger partial charge in [0.25, 0.3) is 5.91 Å². The summed E-state index contributed by atoms with van der Waals surface area (Å²) < 4.78 is 15.1. The lowest BCUT2D eigenvalue weighted by Crippen LogP contribution is -2.42. The fraction of sp³-hybridized carbons (Fsp3) is 0.400. The second-order valence-corrected chi connectivity index (χ2v) is 8.44. The number of hydrogen-bond donors (Lipinski definition) is 0. The predicted molar refractivity (Wildman–Crippen MR) is 102 cm³/mol. The van der Waals surface area contributed by atoms with Crippen molar-refractivity contribution >= 4 is 22.2 Å². The summed E-state index contributed by atoms with van der Waals surface area (Å²) in [5.41, 5.74) is 2.58. The molecule has 6 heteroatoms. The molecule has 2 unspecified atom stereocenters. The van der Waals surface area contributed by atoms with Crippen molar-refractivity contribution in [3.8, 4) is 11.3 Å². The first-order chi connectivity index (χ1) is 12.4. The molecule has 0 N–H and O–H groups in total. The standard InChI is InChI=1S/C20H22FN3OS/c1-12-8-13(2)10-23(9-12)19(25)18-14(3)24-11-17(22-20(24)26-18)15-4-6-16(21)7-5-15/h4-7,11-13H,8-10H2,1-3H3. The first-order valence-corrected chi connectivity index (χ1v) is 9.77. The zero-order valence-corrected chi connectivity index (χ0v) is 16.0. The van der Waals surface area contributed by atoms with Gasteiger partial charge >= 0.3 is 0 Å². The van der Waals surface area contributed by atoms with Gasteiger partial charge in [0.05, 0.1) is 5.69 Å². The molecule has 1 saturated heterocycles. The zero-order valence-electron chi connectivity index (χ0n) is 15.2. The molecule has 1 aliphatic heterocycles. The molecule has 0 saturated carbocycles. The van der Waals surface area contributed by atoms with Gasteiger partial charge in [-0.2, -0.15) is 0 Å². The minimum Gasteiger partial charge on any atom is -0.337 e. The number of hydrogen-bond acceptors (Lipinski definition) is 3. The summed E-state index contributed by atoms with van der Waals surface area (Å²) in [6, 6.07) is 6.31. The molecular formula is C20H22FN3OS. The third-order valence-corrected chi connectivity index (χ3v) is 6.19. The maximum atomic E-state index is 13.1. The third-order valence-electron chi connectivity index (χ3n) is 5.05. The van der Waals surface area contributed by atoms with E-state index in [-0.39, 0.29) is 11.7 Å². The lowest BCUT2D eigenvalue weighted by atomic mass is 9.92. The van der Waals surface area contributed by atoms with Crippen LogP contribution in [0.5, 0.6) is 0 Å². The Morgan fingerprint density at radius 2 is 1.85 bits per heavy atom. The van der Waals surface area contributed by atoms with E-state index in [4.69, 9.17) is 0 Å². The summed E-state index contributed by atoms with van der Waals surface area (Å²) in [6.45, 7) is 8.02. The van der Waals surface area contributed by atoms with Gasteiger partial charge in [-0.1, -0.05) is 25.2 Å². The molecule has 0 aliphatic carbocycles. The minimum absolute atomic E-state index is 0.111. The number of nitrogens with zero attached hydrogens (tertiary/aromatic N) is 3. The van der Waals surface area contributed by atoms with Gasteiger partial charge in [-0.25, -0.2) is 9.37 Å². The van der Waals surface area contributed by atoms with E-state index in [9.17, 15) is 9.18 Å². The summed E-state index contributed by atoms with van der Waals surface area (Å²) in [4.78, 5) is 21.2. The monoisotopic (exact) mass is 371 g/mol. The summed E-state index contributed by atoms with van der Waals surface area (Å²) in [5.74, 6) is 0.929. The summed E-state index contributed by atoms with van der Waals surface area (Å²) in [7, 11) is 0. The van der Waals surface area contributed by atoms with Gasteiger partial charge in [-0.05, 0) is 49.4 Å². The molecule has 1 aliphatic rings. The molecule has 1 fully saturated rings. The van der Waals surface area contributed by atoms with Gasteiger partial charge in [0.1, 0.15) is 10.7 Å². The minimum atomic E-state index is -0.260. The highest BCUT2D eigenvalue weighted by Gasteiger charge is 2.29. The normalized spacial score (nSPS) is 20.7. The van der Waals surface area contributed by atoms with Crippen LogP contribution in [0.4, 0.5) is 4.39 Å². The number of carbonyl (C=O) groups is 1. The van der Waals surface area contributed by atoms with E-state index in [1.165, 1.54) is 29.9 Å². The molecule has 0 spiro atoms. The number of rotatable bonds is 2. The first-order valence-electron chi connectivity index (χ1n) is 8.96. The number of aryl methyl sites for hydroxylation is 1. The fourth-order valence-corrected chi connectivity index (χ4v) is 4.96. The maximum Gasteiger partial charge on any atom is 0.265 e. The van der Waals surface area contributed by atoms with E-state index in [0.717, 1.165) is 39.9 Å². The Labute approximate surface area is 156 Å². The highest BCUT2D eigenvalue weighted by molar-refractivity contribution is 7.19. The summed E-state index contributed by atoms with van der Waals surface area (Å²) >= 11 is 1.43. The average molecular weight is 371 g/mol. The SMILES string of the molecule is Cc1c(C(=O)N2CC(C)CC(C)C2)sc2nc(-c3ccc(F)cc3)cn12. The largest absolute Gasteiger partial charge is 0.337 e. The quantitative estimate of drug-likeness (QED) is 0.659. The highest BCUT2D eigenvalue weighted by atomic mass is 32.1. The number of fused-ring (bicyclic) bond motifs is 1. The lowest BCUT2D eigenvalue weighted by Gasteiger charge is -2.34. The van der Waals surface area contributed by atoms with E-state index in [1.54, 1.807) is 12.1 Å². The summed E-state index contributed by atoms with van der Waals surface area (Å²) in [6.07, 6.45) is 3.10. The molecule has 136 valence electrons. The first kappa shape index (κ1) is 17.2. The van der Waals surface area contributed by atoms with E-state index in [1.807, 2.05) is 22.4 Å². The number of carbonyl (C=O) groups excluding carboxylic acids is 1. The Balaban J connectivity index is 1.65.